The molecule has 0 aromatic heterocycles. The van der Waals surface area contributed by atoms with E-state index in [9.17, 15) is 14.0 Å². The Bertz CT molecular complexity index is 565. The summed E-state index contributed by atoms with van der Waals surface area (Å²) in [5, 5.41) is 5.04. The first-order valence-electron chi connectivity index (χ1n) is 6.64. The Hall–Kier alpha value is -1.82. The van der Waals surface area contributed by atoms with Crippen molar-refractivity contribution in [2.24, 2.45) is 0 Å². The van der Waals surface area contributed by atoms with Crippen LogP contribution in [-0.4, -0.2) is 31.5 Å². The molecule has 2 N–H and O–H groups in total. The quantitative estimate of drug-likeness (QED) is 0.895. The maximum absolute atomic E-state index is 14.0. The summed E-state index contributed by atoms with van der Waals surface area (Å²) in [7, 11) is 1.39. The van der Waals surface area contributed by atoms with Gasteiger partial charge >= 0.3 is 0 Å². The number of amides is 2. The number of benzene rings is 1. The molecule has 1 aromatic rings. The molecule has 1 saturated heterocycles. The Morgan fingerprint density at radius 2 is 2.24 bits per heavy atom. The zero-order valence-electron chi connectivity index (χ0n) is 11.5. The molecule has 5 nitrogen and oxygen atoms in total. The molecular formula is C14H16ClFN2O3. The standard InChI is InChI=1S/C14H16ClFN2O3/c1-21-8-6-9(12(16)10(15)7-8)13(19)18-11-4-2-3-5-17-14(11)20/h6-7,11H,2-5H2,1H3,(H,17,20)(H,18,19). The van der Waals surface area contributed by atoms with Gasteiger partial charge in [0.1, 0.15) is 11.8 Å². The molecule has 1 aromatic carbocycles. The predicted octanol–water partition coefficient (Wildman–Crippen LogP) is 1.89. The van der Waals surface area contributed by atoms with E-state index in [-0.39, 0.29) is 22.2 Å². The lowest BCUT2D eigenvalue weighted by Gasteiger charge is -2.16. The van der Waals surface area contributed by atoms with Crippen molar-refractivity contribution in [1.82, 2.24) is 10.6 Å². The van der Waals surface area contributed by atoms with Crippen molar-refractivity contribution in [3.63, 3.8) is 0 Å². The molecule has 7 heteroatoms. The summed E-state index contributed by atoms with van der Waals surface area (Å²) >= 11 is 5.73. The van der Waals surface area contributed by atoms with Crippen LogP contribution in [0.5, 0.6) is 5.75 Å². The number of nitrogens with one attached hydrogen (secondary N) is 2. The zero-order valence-corrected chi connectivity index (χ0v) is 12.3. The second kappa shape index (κ2) is 6.76. The van der Waals surface area contributed by atoms with Gasteiger partial charge in [-0.2, -0.15) is 0 Å². The van der Waals surface area contributed by atoms with Crippen molar-refractivity contribution in [1.29, 1.82) is 0 Å². The van der Waals surface area contributed by atoms with E-state index in [1.807, 2.05) is 0 Å². The van der Waals surface area contributed by atoms with Crippen LogP contribution >= 0.6 is 11.6 Å². The maximum atomic E-state index is 14.0. The summed E-state index contributed by atoms with van der Waals surface area (Å²) in [6, 6.07) is 1.88. The average molecular weight is 315 g/mol. The Balaban J connectivity index is 2.19. The zero-order chi connectivity index (χ0) is 15.4. The fourth-order valence-corrected chi connectivity index (χ4v) is 2.37. The number of rotatable bonds is 3. The first-order valence-corrected chi connectivity index (χ1v) is 7.02. The first-order chi connectivity index (χ1) is 10.0. The van der Waals surface area contributed by atoms with Gasteiger partial charge in [0.05, 0.1) is 17.7 Å². The van der Waals surface area contributed by atoms with Crippen molar-refractivity contribution in [3.8, 4) is 5.75 Å². The van der Waals surface area contributed by atoms with E-state index >= 15 is 0 Å². The third-order valence-corrected chi connectivity index (χ3v) is 3.60. The molecule has 0 radical (unpaired) electrons. The van der Waals surface area contributed by atoms with Crippen molar-refractivity contribution >= 4 is 23.4 Å². The second-order valence-corrected chi connectivity index (χ2v) is 5.19. The Kier molecular flexibility index (Phi) is 5.01. The van der Waals surface area contributed by atoms with Gasteiger partial charge in [-0.05, 0) is 25.3 Å². The van der Waals surface area contributed by atoms with Gasteiger partial charge in [0.15, 0.2) is 5.82 Å². The third kappa shape index (κ3) is 3.64. The predicted molar refractivity (Wildman–Crippen MR) is 76.1 cm³/mol. The highest BCUT2D eigenvalue weighted by Gasteiger charge is 2.25. The number of hydrogen-bond acceptors (Lipinski definition) is 3. The summed E-state index contributed by atoms with van der Waals surface area (Å²) in [6.07, 6.45) is 2.19. The van der Waals surface area contributed by atoms with Crippen LogP contribution in [0.2, 0.25) is 5.02 Å². The minimum atomic E-state index is -0.830. The normalized spacial score (nSPS) is 18.6. The molecular weight excluding hydrogens is 299 g/mol. The fraction of sp³-hybridized carbons (Fsp3) is 0.429. The number of carbonyl (C=O) groups excluding carboxylic acids is 2. The molecule has 0 spiro atoms. The monoisotopic (exact) mass is 314 g/mol. The second-order valence-electron chi connectivity index (χ2n) is 4.78. The summed E-state index contributed by atoms with van der Waals surface area (Å²) in [5.41, 5.74) is -0.239. The molecule has 2 amide bonds. The summed E-state index contributed by atoms with van der Waals surface area (Å²) in [5.74, 6) is -1.49. The number of halogens is 2. The van der Waals surface area contributed by atoms with Crippen LogP contribution in [0, 0.1) is 5.82 Å². The molecule has 1 aliphatic heterocycles. The number of hydrogen-bond donors (Lipinski definition) is 2. The number of methoxy groups -OCH3 is 1. The van der Waals surface area contributed by atoms with Crippen molar-refractivity contribution in [2.75, 3.05) is 13.7 Å². The van der Waals surface area contributed by atoms with Crippen molar-refractivity contribution in [3.05, 3.63) is 28.5 Å². The molecule has 1 fully saturated rings. The van der Waals surface area contributed by atoms with Crippen LogP contribution in [0.1, 0.15) is 29.6 Å². The van der Waals surface area contributed by atoms with Crippen molar-refractivity contribution in [2.45, 2.75) is 25.3 Å². The van der Waals surface area contributed by atoms with E-state index in [1.54, 1.807) is 0 Å². The molecule has 21 heavy (non-hydrogen) atoms. The lowest BCUT2D eigenvalue weighted by molar-refractivity contribution is -0.122. The lowest BCUT2D eigenvalue weighted by Crippen LogP contribution is -2.45. The van der Waals surface area contributed by atoms with Crippen LogP contribution in [0.15, 0.2) is 12.1 Å². The SMILES string of the molecule is COc1cc(Cl)c(F)c(C(=O)NC2CCCCNC2=O)c1. The molecule has 1 unspecified atom stereocenters. The molecule has 0 saturated carbocycles. The van der Waals surface area contributed by atoms with Crippen LogP contribution in [0.25, 0.3) is 0 Å². The van der Waals surface area contributed by atoms with E-state index in [4.69, 9.17) is 16.3 Å². The van der Waals surface area contributed by atoms with Crippen LogP contribution in [0.3, 0.4) is 0 Å². The van der Waals surface area contributed by atoms with Crippen LogP contribution in [0.4, 0.5) is 4.39 Å². The van der Waals surface area contributed by atoms with Gasteiger partial charge in [0, 0.05) is 12.6 Å². The van der Waals surface area contributed by atoms with Gasteiger partial charge in [-0.1, -0.05) is 11.6 Å². The van der Waals surface area contributed by atoms with Gasteiger partial charge in [0.25, 0.3) is 5.91 Å². The minimum Gasteiger partial charge on any atom is -0.497 e. The van der Waals surface area contributed by atoms with E-state index in [0.717, 1.165) is 12.8 Å². The van der Waals surface area contributed by atoms with E-state index in [1.165, 1.54) is 19.2 Å². The third-order valence-electron chi connectivity index (χ3n) is 3.32. The van der Waals surface area contributed by atoms with Gasteiger partial charge < -0.3 is 15.4 Å². The highest BCUT2D eigenvalue weighted by Crippen LogP contribution is 2.25. The van der Waals surface area contributed by atoms with Crippen LogP contribution < -0.4 is 15.4 Å². The maximum Gasteiger partial charge on any atom is 0.255 e. The Labute approximate surface area is 126 Å². The molecule has 0 aliphatic carbocycles. The molecule has 1 atom stereocenters. The van der Waals surface area contributed by atoms with Gasteiger partial charge in [-0.25, -0.2) is 4.39 Å². The number of ether oxygens (including phenoxy) is 1. The Morgan fingerprint density at radius 1 is 1.48 bits per heavy atom. The summed E-state index contributed by atoms with van der Waals surface area (Å²) < 4.78 is 18.9. The largest absolute Gasteiger partial charge is 0.497 e. The average Bonchev–Trinajstić information content (AvgIpc) is 2.66. The van der Waals surface area contributed by atoms with E-state index in [2.05, 4.69) is 10.6 Å². The fourth-order valence-electron chi connectivity index (χ4n) is 2.16. The smallest absolute Gasteiger partial charge is 0.255 e. The van der Waals surface area contributed by atoms with Gasteiger partial charge in [-0.15, -0.1) is 0 Å². The summed E-state index contributed by atoms with van der Waals surface area (Å²) in [4.78, 5) is 24.0. The molecule has 0 bridgehead atoms. The highest BCUT2D eigenvalue weighted by atomic mass is 35.5. The molecule has 1 aliphatic rings. The van der Waals surface area contributed by atoms with Crippen LogP contribution in [-0.2, 0) is 4.79 Å². The van der Waals surface area contributed by atoms with Gasteiger partial charge in [0.2, 0.25) is 5.91 Å². The lowest BCUT2D eigenvalue weighted by atomic mass is 10.1. The first kappa shape index (κ1) is 15.6. The summed E-state index contributed by atoms with van der Waals surface area (Å²) in [6.45, 7) is 0.588. The molecule has 114 valence electrons. The minimum absolute atomic E-state index is 0.204. The number of carbonyl (C=O) groups is 2. The van der Waals surface area contributed by atoms with E-state index < -0.39 is 17.8 Å². The van der Waals surface area contributed by atoms with Gasteiger partial charge in [-0.3, -0.25) is 9.59 Å². The molecule has 2 rings (SSSR count). The topological polar surface area (TPSA) is 67.4 Å². The molecule has 1 heterocycles. The Morgan fingerprint density at radius 3 is 2.95 bits per heavy atom. The van der Waals surface area contributed by atoms with E-state index in [0.29, 0.717) is 13.0 Å². The highest BCUT2D eigenvalue weighted by molar-refractivity contribution is 6.31. The van der Waals surface area contributed by atoms with Crippen molar-refractivity contribution < 1.29 is 18.7 Å².